The molecule has 1 fully saturated rings. The Labute approximate surface area is 90.5 Å². The van der Waals surface area contributed by atoms with Crippen LogP contribution in [0.2, 0.25) is 0 Å². The van der Waals surface area contributed by atoms with Crippen molar-refractivity contribution in [2.45, 2.75) is 39.2 Å². The lowest BCUT2D eigenvalue weighted by atomic mass is 9.77. The van der Waals surface area contributed by atoms with Crippen molar-refractivity contribution in [1.29, 1.82) is 0 Å². The van der Waals surface area contributed by atoms with Crippen LogP contribution in [0.5, 0.6) is 0 Å². The zero-order chi connectivity index (χ0) is 9.97. The van der Waals surface area contributed by atoms with Crippen LogP contribution >= 0.6 is 11.3 Å². The van der Waals surface area contributed by atoms with Crippen molar-refractivity contribution >= 4 is 11.3 Å². The smallest absolute Gasteiger partial charge is 0.0359 e. The van der Waals surface area contributed by atoms with Crippen LogP contribution in [0.25, 0.3) is 0 Å². The number of thiophene rings is 1. The van der Waals surface area contributed by atoms with Gasteiger partial charge in [0.2, 0.25) is 0 Å². The van der Waals surface area contributed by atoms with E-state index in [9.17, 15) is 0 Å². The second-order valence-corrected chi connectivity index (χ2v) is 5.28. The first-order valence-electron chi connectivity index (χ1n) is 5.60. The largest absolute Gasteiger partial charge is 0.310 e. The highest BCUT2D eigenvalue weighted by Crippen LogP contribution is 2.39. The number of aryl methyl sites for hydroxylation is 1. The lowest BCUT2D eigenvalue weighted by Crippen LogP contribution is -2.32. The molecule has 14 heavy (non-hydrogen) atoms. The van der Waals surface area contributed by atoms with Gasteiger partial charge in [0.15, 0.2) is 0 Å². The molecule has 0 spiro atoms. The molecule has 1 heterocycles. The molecule has 1 unspecified atom stereocenters. The van der Waals surface area contributed by atoms with Crippen molar-refractivity contribution in [3.8, 4) is 0 Å². The van der Waals surface area contributed by atoms with Gasteiger partial charge in [-0.25, -0.2) is 0 Å². The van der Waals surface area contributed by atoms with Gasteiger partial charge in [-0.15, -0.1) is 11.3 Å². The van der Waals surface area contributed by atoms with E-state index in [0.717, 1.165) is 12.5 Å². The molecule has 0 bridgehead atoms. The third-order valence-corrected chi connectivity index (χ3v) is 4.14. The molecule has 0 aliphatic heterocycles. The van der Waals surface area contributed by atoms with Crippen molar-refractivity contribution in [2.75, 3.05) is 6.54 Å². The normalized spacial score (nSPS) is 19.3. The van der Waals surface area contributed by atoms with Crippen LogP contribution in [0.15, 0.2) is 11.4 Å². The SMILES string of the molecule is CCNC(c1ccsc1C)C1CCC1. The predicted octanol–water partition coefficient (Wildman–Crippen LogP) is 3.51. The lowest BCUT2D eigenvalue weighted by molar-refractivity contribution is 0.233. The van der Waals surface area contributed by atoms with E-state index in [4.69, 9.17) is 0 Å². The third kappa shape index (κ3) is 1.86. The summed E-state index contributed by atoms with van der Waals surface area (Å²) in [5.41, 5.74) is 1.54. The average Bonchev–Trinajstić information content (AvgIpc) is 2.47. The van der Waals surface area contributed by atoms with Crippen LogP contribution in [0.4, 0.5) is 0 Å². The van der Waals surface area contributed by atoms with Gasteiger partial charge in [0.05, 0.1) is 0 Å². The Morgan fingerprint density at radius 1 is 1.57 bits per heavy atom. The van der Waals surface area contributed by atoms with Gasteiger partial charge < -0.3 is 5.32 Å². The van der Waals surface area contributed by atoms with Crippen LogP contribution in [-0.2, 0) is 0 Å². The van der Waals surface area contributed by atoms with Gasteiger partial charge >= 0.3 is 0 Å². The number of hydrogen-bond donors (Lipinski definition) is 1. The van der Waals surface area contributed by atoms with Crippen LogP contribution < -0.4 is 5.32 Å². The minimum Gasteiger partial charge on any atom is -0.310 e. The topological polar surface area (TPSA) is 12.0 Å². The minimum absolute atomic E-state index is 0.625. The summed E-state index contributed by atoms with van der Waals surface area (Å²) in [6, 6.07) is 2.92. The highest BCUT2D eigenvalue weighted by molar-refractivity contribution is 7.10. The first kappa shape index (κ1) is 10.2. The summed E-state index contributed by atoms with van der Waals surface area (Å²) < 4.78 is 0. The third-order valence-electron chi connectivity index (χ3n) is 3.28. The van der Waals surface area contributed by atoms with Crippen molar-refractivity contribution in [3.05, 3.63) is 21.9 Å². The summed E-state index contributed by atoms with van der Waals surface area (Å²) in [4.78, 5) is 1.49. The molecule has 2 rings (SSSR count). The highest BCUT2D eigenvalue weighted by Gasteiger charge is 2.28. The maximum Gasteiger partial charge on any atom is 0.0359 e. The summed E-state index contributed by atoms with van der Waals surface area (Å²) in [7, 11) is 0. The molecule has 1 aromatic heterocycles. The van der Waals surface area contributed by atoms with E-state index >= 15 is 0 Å². The minimum atomic E-state index is 0.625. The molecular weight excluding hydrogens is 190 g/mol. The van der Waals surface area contributed by atoms with Crippen LogP contribution in [0, 0.1) is 12.8 Å². The number of rotatable bonds is 4. The summed E-state index contributed by atoms with van der Waals surface area (Å²) >= 11 is 1.87. The molecule has 1 aromatic rings. The quantitative estimate of drug-likeness (QED) is 0.800. The standard InChI is InChI=1S/C12H19NS/c1-3-13-12(10-5-4-6-10)11-7-8-14-9(11)2/h7-8,10,12-13H,3-6H2,1-2H3. The fraction of sp³-hybridized carbons (Fsp3) is 0.667. The Balaban J connectivity index is 2.13. The van der Waals surface area contributed by atoms with E-state index in [1.165, 1.54) is 24.1 Å². The molecule has 0 radical (unpaired) electrons. The fourth-order valence-corrected chi connectivity index (χ4v) is 2.99. The molecule has 1 N–H and O–H groups in total. The van der Waals surface area contributed by atoms with Gasteiger partial charge in [0.25, 0.3) is 0 Å². The monoisotopic (exact) mass is 209 g/mol. The predicted molar refractivity (Wildman–Crippen MR) is 62.8 cm³/mol. The summed E-state index contributed by atoms with van der Waals surface area (Å²) in [5.74, 6) is 0.892. The van der Waals surface area contributed by atoms with Gasteiger partial charge in [-0.1, -0.05) is 13.3 Å². The van der Waals surface area contributed by atoms with Crippen molar-refractivity contribution in [2.24, 2.45) is 5.92 Å². The van der Waals surface area contributed by atoms with Gasteiger partial charge in [-0.3, -0.25) is 0 Å². The zero-order valence-corrected chi connectivity index (χ0v) is 9.86. The van der Waals surface area contributed by atoms with Gasteiger partial charge in [0.1, 0.15) is 0 Å². The Kier molecular flexibility index (Phi) is 3.24. The lowest BCUT2D eigenvalue weighted by Gasteiger charge is -2.34. The van der Waals surface area contributed by atoms with E-state index in [1.807, 2.05) is 11.3 Å². The first-order valence-corrected chi connectivity index (χ1v) is 6.48. The van der Waals surface area contributed by atoms with Gasteiger partial charge in [0, 0.05) is 10.9 Å². The second-order valence-electron chi connectivity index (χ2n) is 4.16. The van der Waals surface area contributed by atoms with Crippen molar-refractivity contribution in [1.82, 2.24) is 5.32 Å². The van der Waals surface area contributed by atoms with Gasteiger partial charge in [-0.05, 0) is 49.2 Å². The van der Waals surface area contributed by atoms with E-state index in [0.29, 0.717) is 6.04 Å². The Morgan fingerprint density at radius 3 is 2.79 bits per heavy atom. The molecule has 1 aliphatic carbocycles. The molecule has 1 aliphatic rings. The van der Waals surface area contributed by atoms with Crippen LogP contribution in [0.1, 0.15) is 42.7 Å². The summed E-state index contributed by atoms with van der Waals surface area (Å²) in [5, 5.41) is 5.85. The summed E-state index contributed by atoms with van der Waals surface area (Å²) in [6.07, 6.45) is 4.25. The highest BCUT2D eigenvalue weighted by atomic mass is 32.1. The summed E-state index contributed by atoms with van der Waals surface area (Å²) in [6.45, 7) is 5.52. The second kappa shape index (κ2) is 4.45. The maximum absolute atomic E-state index is 3.63. The Hall–Kier alpha value is -0.340. The first-order chi connectivity index (χ1) is 6.83. The molecule has 1 saturated carbocycles. The molecular formula is C12H19NS. The van der Waals surface area contributed by atoms with Crippen molar-refractivity contribution in [3.63, 3.8) is 0 Å². The number of hydrogen-bond acceptors (Lipinski definition) is 2. The Bertz CT molecular complexity index is 288. The average molecular weight is 209 g/mol. The van der Waals surface area contributed by atoms with E-state index in [1.54, 1.807) is 5.56 Å². The molecule has 0 amide bonds. The Morgan fingerprint density at radius 2 is 2.36 bits per heavy atom. The van der Waals surface area contributed by atoms with Crippen LogP contribution in [0.3, 0.4) is 0 Å². The molecule has 0 saturated heterocycles. The molecule has 1 nitrogen and oxygen atoms in total. The van der Waals surface area contributed by atoms with E-state index in [2.05, 4.69) is 30.6 Å². The molecule has 1 atom stereocenters. The molecule has 0 aromatic carbocycles. The van der Waals surface area contributed by atoms with Gasteiger partial charge in [-0.2, -0.15) is 0 Å². The maximum atomic E-state index is 3.63. The van der Waals surface area contributed by atoms with E-state index < -0.39 is 0 Å². The molecule has 78 valence electrons. The van der Waals surface area contributed by atoms with E-state index in [-0.39, 0.29) is 0 Å². The molecule has 2 heteroatoms. The zero-order valence-electron chi connectivity index (χ0n) is 9.05. The van der Waals surface area contributed by atoms with Crippen LogP contribution in [-0.4, -0.2) is 6.54 Å². The fourth-order valence-electron chi connectivity index (χ4n) is 2.24. The number of nitrogens with one attached hydrogen (secondary N) is 1. The van der Waals surface area contributed by atoms with Crippen molar-refractivity contribution < 1.29 is 0 Å².